The first-order valence-electron chi connectivity index (χ1n) is 7.31. The van der Waals surface area contributed by atoms with Crippen LogP contribution in [0.2, 0.25) is 0 Å². The SMILES string of the molecule is C=C(/N=C1/OC(c2ccc(F)cc2)=C(C(=O)NC)C1I)N(C)S(C)(=O)=O. The van der Waals surface area contributed by atoms with Crippen molar-refractivity contribution in [3.63, 3.8) is 0 Å². The number of rotatable bonds is 5. The van der Waals surface area contributed by atoms with Crippen LogP contribution in [-0.2, 0) is 19.6 Å². The molecule has 0 fully saturated rings. The summed E-state index contributed by atoms with van der Waals surface area (Å²) in [6, 6.07) is 5.47. The fourth-order valence-electron chi connectivity index (χ4n) is 2.09. The lowest BCUT2D eigenvalue weighted by atomic mass is 10.1. The second kappa shape index (κ2) is 7.74. The number of hydrogen-bond donors (Lipinski definition) is 1. The average Bonchev–Trinajstić information content (AvgIpc) is 2.89. The second-order valence-corrected chi connectivity index (χ2v) is 8.65. The number of carbonyl (C=O) groups excluding carboxylic acids is 1. The van der Waals surface area contributed by atoms with Gasteiger partial charge in [0.15, 0.2) is 0 Å². The summed E-state index contributed by atoms with van der Waals surface area (Å²) < 4.78 is 42.5. The average molecular weight is 493 g/mol. The molecule has 10 heteroatoms. The van der Waals surface area contributed by atoms with Crippen LogP contribution in [0.25, 0.3) is 5.76 Å². The van der Waals surface area contributed by atoms with Crippen LogP contribution in [0.15, 0.2) is 47.2 Å². The highest BCUT2D eigenvalue weighted by molar-refractivity contribution is 14.1. The van der Waals surface area contributed by atoms with E-state index in [1.807, 2.05) is 22.6 Å². The summed E-state index contributed by atoms with van der Waals surface area (Å²) in [6.45, 7) is 3.63. The van der Waals surface area contributed by atoms with E-state index in [0.29, 0.717) is 11.1 Å². The molecule has 1 aromatic carbocycles. The smallest absolute Gasteiger partial charge is 0.252 e. The Labute approximate surface area is 164 Å². The Bertz CT molecular complexity index is 910. The maximum Gasteiger partial charge on any atom is 0.252 e. The van der Waals surface area contributed by atoms with Gasteiger partial charge in [-0.2, -0.15) is 4.99 Å². The number of alkyl halides is 1. The van der Waals surface area contributed by atoms with Gasteiger partial charge in [-0.15, -0.1) is 0 Å². The van der Waals surface area contributed by atoms with Gasteiger partial charge in [0.1, 0.15) is 21.3 Å². The van der Waals surface area contributed by atoms with Crippen molar-refractivity contribution in [1.29, 1.82) is 0 Å². The summed E-state index contributed by atoms with van der Waals surface area (Å²) in [5, 5.41) is 2.53. The van der Waals surface area contributed by atoms with Crippen LogP contribution < -0.4 is 5.32 Å². The molecular formula is C16H17FIN3O4S. The Morgan fingerprint density at radius 2 is 1.96 bits per heavy atom. The minimum absolute atomic E-state index is 0.0548. The van der Waals surface area contributed by atoms with Gasteiger partial charge in [-0.3, -0.25) is 9.10 Å². The fraction of sp³-hybridized carbons (Fsp3) is 0.250. The van der Waals surface area contributed by atoms with Crippen LogP contribution in [0, 0.1) is 5.82 Å². The number of nitrogens with one attached hydrogen (secondary N) is 1. The van der Waals surface area contributed by atoms with Gasteiger partial charge >= 0.3 is 0 Å². The van der Waals surface area contributed by atoms with Crippen LogP contribution in [-0.4, -0.2) is 48.8 Å². The molecular weight excluding hydrogens is 476 g/mol. The maximum absolute atomic E-state index is 13.2. The molecule has 0 spiro atoms. The molecule has 1 aliphatic rings. The number of benzene rings is 1. The molecule has 2 rings (SSSR count). The highest BCUT2D eigenvalue weighted by Crippen LogP contribution is 2.35. The summed E-state index contributed by atoms with van der Waals surface area (Å²) in [4.78, 5) is 16.4. The zero-order valence-corrected chi connectivity index (χ0v) is 17.3. The highest BCUT2D eigenvalue weighted by atomic mass is 127. The third-order valence-electron chi connectivity index (χ3n) is 3.60. The summed E-state index contributed by atoms with van der Waals surface area (Å²) >= 11 is 1.96. The zero-order valence-electron chi connectivity index (χ0n) is 14.3. The van der Waals surface area contributed by atoms with E-state index in [4.69, 9.17) is 4.74 Å². The monoisotopic (exact) mass is 493 g/mol. The molecule has 0 aromatic heterocycles. The molecule has 1 N–H and O–H groups in total. The van der Waals surface area contributed by atoms with Gasteiger partial charge in [-0.05, 0) is 24.3 Å². The van der Waals surface area contributed by atoms with Crippen LogP contribution in [0.5, 0.6) is 0 Å². The second-order valence-electron chi connectivity index (χ2n) is 5.39. The molecule has 1 aromatic rings. The van der Waals surface area contributed by atoms with Crippen LogP contribution in [0.3, 0.4) is 0 Å². The predicted octanol–water partition coefficient (Wildman–Crippen LogP) is 1.88. The molecule has 0 saturated heterocycles. The normalized spacial score (nSPS) is 18.7. The van der Waals surface area contributed by atoms with E-state index in [1.54, 1.807) is 0 Å². The summed E-state index contributed by atoms with van der Waals surface area (Å²) in [7, 11) is -0.741. The topological polar surface area (TPSA) is 88.1 Å². The first-order valence-corrected chi connectivity index (χ1v) is 10.4. The van der Waals surface area contributed by atoms with E-state index in [1.165, 1.54) is 38.4 Å². The Morgan fingerprint density at radius 3 is 2.46 bits per heavy atom. The van der Waals surface area contributed by atoms with E-state index in [2.05, 4.69) is 16.9 Å². The van der Waals surface area contributed by atoms with Gasteiger partial charge in [0.2, 0.25) is 15.9 Å². The summed E-state index contributed by atoms with van der Waals surface area (Å²) in [5.74, 6) is -0.505. The molecule has 1 unspecified atom stereocenters. The van der Waals surface area contributed by atoms with Gasteiger partial charge < -0.3 is 10.1 Å². The van der Waals surface area contributed by atoms with E-state index in [-0.39, 0.29) is 23.4 Å². The summed E-state index contributed by atoms with van der Waals surface area (Å²) in [6.07, 6.45) is 1.02. The molecule has 0 saturated carbocycles. The number of carbonyl (C=O) groups is 1. The molecule has 140 valence electrons. The molecule has 0 bridgehead atoms. The number of nitrogens with zero attached hydrogens (tertiary/aromatic N) is 2. The maximum atomic E-state index is 13.2. The lowest BCUT2D eigenvalue weighted by Crippen LogP contribution is -2.27. The van der Waals surface area contributed by atoms with Crippen molar-refractivity contribution >= 4 is 50.2 Å². The Hall–Kier alpha value is -1.95. The van der Waals surface area contributed by atoms with Crippen molar-refractivity contribution in [3.8, 4) is 0 Å². The zero-order chi connectivity index (χ0) is 19.6. The number of hydrogen-bond acceptors (Lipinski definition) is 5. The van der Waals surface area contributed by atoms with Crippen LogP contribution in [0.4, 0.5) is 4.39 Å². The number of halogens is 2. The first kappa shape index (κ1) is 20.4. The van der Waals surface area contributed by atoms with E-state index < -0.39 is 19.8 Å². The number of sulfonamides is 1. The van der Waals surface area contributed by atoms with Crippen molar-refractivity contribution in [2.45, 2.75) is 3.92 Å². The quantitative estimate of drug-likeness (QED) is 0.502. The number of amides is 1. The third kappa shape index (κ3) is 4.23. The Kier molecular flexibility index (Phi) is 6.06. The molecule has 1 heterocycles. The molecule has 0 aliphatic carbocycles. The van der Waals surface area contributed by atoms with Crippen LogP contribution >= 0.6 is 22.6 Å². The van der Waals surface area contributed by atoms with Crippen molar-refractivity contribution < 1.29 is 22.3 Å². The molecule has 1 atom stereocenters. The molecule has 1 amide bonds. The molecule has 1 aliphatic heterocycles. The van der Waals surface area contributed by atoms with Crippen molar-refractivity contribution in [2.75, 3.05) is 20.4 Å². The van der Waals surface area contributed by atoms with Crippen molar-refractivity contribution in [1.82, 2.24) is 9.62 Å². The highest BCUT2D eigenvalue weighted by Gasteiger charge is 2.37. The Morgan fingerprint density at radius 1 is 1.38 bits per heavy atom. The van der Waals surface area contributed by atoms with E-state index in [0.717, 1.165) is 10.6 Å². The van der Waals surface area contributed by atoms with Gasteiger partial charge in [-0.25, -0.2) is 12.8 Å². The lowest BCUT2D eigenvalue weighted by molar-refractivity contribution is -0.116. The molecule has 26 heavy (non-hydrogen) atoms. The minimum atomic E-state index is -3.53. The number of likely N-dealkylation sites (N-methyl/N-ethyl adjacent to an activating group) is 1. The van der Waals surface area contributed by atoms with Crippen LogP contribution in [0.1, 0.15) is 5.56 Å². The number of aliphatic imine (C=N–C) groups is 1. The van der Waals surface area contributed by atoms with Gasteiger partial charge in [0, 0.05) is 19.7 Å². The van der Waals surface area contributed by atoms with Gasteiger partial charge in [0.05, 0.1) is 11.8 Å². The van der Waals surface area contributed by atoms with E-state index >= 15 is 0 Å². The number of ether oxygens (including phenoxy) is 1. The Balaban J connectivity index is 2.45. The predicted molar refractivity (Wildman–Crippen MR) is 105 cm³/mol. The first-order chi connectivity index (χ1) is 12.1. The standard InChI is InChI=1S/C16H17FIN3O4S/c1-9(21(3)26(4,23)24)20-16-13(18)12(15(22)19-2)14(25-16)10-5-7-11(17)8-6-10/h5-8,13H,1H2,2-4H3,(H,19,22)/b20-16+. The lowest BCUT2D eigenvalue weighted by Gasteiger charge is -2.16. The third-order valence-corrected chi connectivity index (χ3v) is 5.96. The van der Waals surface area contributed by atoms with Crippen molar-refractivity contribution in [2.24, 2.45) is 4.99 Å². The molecule has 7 nitrogen and oxygen atoms in total. The van der Waals surface area contributed by atoms with E-state index in [9.17, 15) is 17.6 Å². The van der Waals surface area contributed by atoms with Gasteiger partial charge in [-0.1, -0.05) is 29.2 Å². The summed E-state index contributed by atoms with van der Waals surface area (Å²) in [5.41, 5.74) is 0.798. The largest absolute Gasteiger partial charge is 0.440 e. The fourth-order valence-corrected chi connectivity index (χ4v) is 3.34. The molecule has 0 radical (unpaired) electrons. The van der Waals surface area contributed by atoms with Gasteiger partial charge in [0.25, 0.3) is 5.91 Å². The van der Waals surface area contributed by atoms with Crippen molar-refractivity contribution in [3.05, 3.63) is 53.6 Å². The minimum Gasteiger partial charge on any atom is -0.440 e.